The Labute approximate surface area is 249 Å². The quantitative estimate of drug-likeness (QED) is 0.123. The number of carbonyl (C=O) groups excluding carboxylic acids is 4. The molecule has 11 heteroatoms. The molecular weight excluding hydrogens is 546 g/mol. The van der Waals surface area contributed by atoms with Gasteiger partial charge in [0, 0.05) is 12.8 Å². The van der Waals surface area contributed by atoms with E-state index in [4.69, 9.17) is 34.2 Å². The average Bonchev–Trinajstić information content (AvgIpc) is 2.89. The van der Waals surface area contributed by atoms with Crippen molar-refractivity contribution < 1.29 is 47.6 Å². The molecule has 0 saturated carbocycles. The first-order valence-corrected chi connectivity index (χ1v) is 14.8. The van der Waals surface area contributed by atoms with E-state index in [2.05, 4.69) is 0 Å². The highest BCUT2D eigenvalue weighted by atomic mass is 16.7. The molecule has 0 saturated heterocycles. The molecule has 5 atom stereocenters. The minimum Gasteiger partial charge on any atom is -0.468 e. The van der Waals surface area contributed by atoms with Gasteiger partial charge in [0.05, 0.1) is 13.0 Å². The second-order valence-electron chi connectivity index (χ2n) is 10.9. The Morgan fingerprint density at radius 3 is 1.79 bits per heavy atom. The third-order valence-electron chi connectivity index (χ3n) is 6.58. The van der Waals surface area contributed by atoms with E-state index in [1.165, 1.54) is 19.2 Å². The Hall–Kier alpha value is -3.34. The molecule has 1 aromatic rings. The van der Waals surface area contributed by atoms with Crippen molar-refractivity contribution >= 4 is 24.2 Å². The fourth-order valence-corrected chi connectivity index (χ4v) is 4.53. The number of nitrogens with two attached hydrogens (primary N) is 1. The number of methoxy groups -OCH3 is 1. The van der Waals surface area contributed by atoms with Crippen LogP contribution in [0.3, 0.4) is 0 Å². The molecule has 0 amide bonds. The lowest BCUT2D eigenvalue weighted by atomic mass is 9.86. The molecule has 238 valence electrons. The Balaban J connectivity index is 3.26. The number of hydrogen-bond acceptors (Lipinski definition) is 11. The predicted octanol–water partition coefficient (Wildman–Crippen LogP) is 6.27. The summed E-state index contributed by atoms with van der Waals surface area (Å²) in [6.07, 6.45) is 0.916. The minimum atomic E-state index is -1.59. The highest BCUT2D eigenvalue weighted by Crippen LogP contribution is 2.32. The van der Waals surface area contributed by atoms with Crippen molar-refractivity contribution in [3.63, 3.8) is 0 Å². The van der Waals surface area contributed by atoms with E-state index in [0.717, 1.165) is 19.3 Å². The van der Waals surface area contributed by atoms with Gasteiger partial charge in [0.2, 0.25) is 0 Å². The van der Waals surface area contributed by atoms with Gasteiger partial charge in [-0.15, -0.1) is 0 Å². The summed E-state index contributed by atoms with van der Waals surface area (Å²) in [5, 5.41) is 0. The van der Waals surface area contributed by atoms with Crippen LogP contribution in [0.25, 0.3) is 0 Å². The van der Waals surface area contributed by atoms with E-state index in [0.29, 0.717) is 24.8 Å². The largest absolute Gasteiger partial charge is 0.514 e. The molecule has 1 rings (SSSR count). The van der Waals surface area contributed by atoms with E-state index < -0.39 is 36.0 Å². The van der Waals surface area contributed by atoms with Crippen molar-refractivity contribution in [2.45, 2.75) is 124 Å². The Bertz CT molecular complexity index is 1030. The van der Waals surface area contributed by atoms with Crippen LogP contribution < -0.4 is 15.2 Å². The van der Waals surface area contributed by atoms with Gasteiger partial charge in [0.25, 0.3) is 0 Å². The summed E-state index contributed by atoms with van der Waals surface area (Å²) in [5.74, 6) is -1.57. The van der Waals surface area contributed by atoms with Crippen LogP contribution in [0.5, 0.6) is 11.5 Å². The molecule has 11 nitrogen and oxygen atoms in total. The predicted molar refractivity (Wildman–Crippen MR) is 156 cm³/mol. The van der Waals surface area contributed by atoms with Crippen molar-refractivity contribution in [1.29, 1.82) is 0 Å². The summed E-state index contributed by atoms with van der Waals surface area (Å²) in [4.78, 5) is 50.2. The second-order valence-corrected chi connectivity index (χ2v) is 10.9. The lowest BCUT2D eigenvalue weighted by Gasteiger charge is -2.30. The van der Waals surface area contributed by atoms with Crippen molar-refractivity contribution in [2.24, 2.45) is 11.7 Å². The topological polar surface area (TPSA) is 150 Å². The first-order valence-electron chi connectivity index (χ1n) is 14.8. The first-order chi connectivity index (χ1) is 19.8. The van der Waals surface area contributed by atoms with Crippen LogP contribution in [0.4, 0.5) is 9.59 Å². The number of carbonyl (C=O) groups is 4. The molecule has 0 radical (unpaired) electrons. The third kappa shape index (κ3) is 12.7. The monoisotopic (exact) mass is 595 g/mol. The van der Waals surface area contributed by atoms with Crippen LogP contribution in [0.1, 0.15) is 99.0 Å². The molecule has 1 aromatic carbocycles. The molecule has 0 aliphatic rings. The maximum atomic E-state index is 12.8. The second kappa shape index (κ2) is 18.3. The zero-order chi connectivity index (χ0) is 31.9. The maximum Gasteiger partial charge on any atom is 0.514 e. The minimum absolute atomic E-state index is 0.0308. The van der Waals surface area contributed by atoms with Gasteiger partial charge < -0.3 is 34.2 Å². The summed E-state index contributed by atoms with van der Waals surface area (Å²) in [6.45, 7) is 12.8. The molecule has 0 aromatic heterocycles. The van der Waals surface area contributed by atoms with Gasteiger partial charge in [-0.3, -0.25) is 9.59 Å². The third-order valence-corrected chi connectivity index (χ3v) is 6.58. The van der Waals surface area contributed by atoms with E-state index in [-0.39, 0.29) is 42.3 Å². The zero-order valence-corrected chi connectivity index (χ0v) is 26.4. The van der Waals surface area contributed by atoms with Gasteiger partial charge in [0.15, 0.2) is 11.5 Å². The van der Waals surface area contributed by atoms with Gasteiger partial charge in [-0.2, -0.15) is 0 Å². The fraction of sp³-hybridized carbons (Fsp3) is 0.677. The normalized spacial score (nSPS) is 15.3. The van der Waals surface area contributed by atoms with Crippen molar-refractivity contribution in [1.82, 2.24) is 0 Å². The number of benzene rings is 1. The summed E-state index contributed by atoms with van der Waals surface area (Å²) in [7, 11) is 1.22. The molecule has 0 aliphatic heterocycles. The van der Waals surface area contributed by atoms with Gasteiger partial charge in [-0.25, -0.2) is 9.59 Å². The lowest BCUT2D eigenvalue weighted by molar-refractivity contribution is -0.157. The molecule has 0 fully saturated rings. The number of esters is 2. The molecule has 0 heterocycles. The number of ether oxygens (including phenoxy) is 6. The lowest BCUT2D eigenvalue weighted by Crippen LogP contribution is -2.53. The van der Waals surface area contributed by atoms with E-state index in [9.17, 15) is 19.2 Å². The van der Waals surface area contributed by atoms with E-state index in [1.54, 1.807) is 33.8 Å². The van der Waals surface area contributed by atoms with Gasteiger partial charge in [0.1, 0.15) is 23.9 Å². The molecule has 0 aliphatic carbocycles. The number of hydrogen-bond donors (Lipinski definition) is 1. The molecule has 2 N–H and O–H groups in total. The smallest absolute Gasteiger partial charge is 0.468 e. The Kier molecular flexibility index (Phi) is 15.9. The van der Waals surface area contributed by atoms with E-state index >= 15 is 0 Å². The van der Waals surface area contributed by atoms with Gasteiger partial charge in [-0.1, -0.05) is 53.0 Å². The summed E-state index contributed by atoms with van der Waals surface area (Å²) in [6, 6.07) is 4.40. The van der Waals surface area contributed by atoms with Gasteiger partial charge in [-0.05, 0) is 57.7 Å². The molecular formula is C31H49NO10. The summed E-state index contributed by atoms with van der Waals surface area (Å²) in [5.41, 5.74) is 5.42. The summed E-state index contributed by atoms with van der Waals surface area (Å²) >= 11 is 0. The maximum absolute atomic E-state index is 12.8. The average molecular weight is 596 g/mol. The van der Waals surface area contributed by atoms with Crippen LogP contribution in [-0.2, 0) is 35.0 Å². The Morgan fingerprint density at radius 2 is 1.29 bits per heavy atom. The van der Waals surface area contributed by atoms with Crippen LogP contribution >= 0.6 is 0 Å². The highest BCUT2D eigenvalue weighted by molar-refractivity contribution is 5.81. The highest BCUT2D eigenvalue weighted by Gasteiger charge is 2.38. The van der Waals surface area contributed by atoms with Crippen LogP contribution in [0, 0.1) is 5.92 Å². The van der Waals surface area contributed by atoms with Crippen molar-refractivity contribution in [3.05, 3.63) is 23.8 Å². The Morgan fingerprint density at radius 1 is 0.762 bits per heavy atom. The molecule has 42 heavy (non-hydrogen) atoms. The van der Waals surface area contributed by atoms with Crippen molar-refractivity contribution in [2.75, 3.05) is 7.11 Å². The first kappa shape index (κ1) is 36.7. The molecule has 0 spiro atoms. The van der Waals surface area contributed by atoms with Gasteiger partial charge >= 0.3 is 24.2 Å². The number of rotatable bonds is 17. The summed E-state index contributed by atoms with van der Waals surface area (Å²) < 4.78 is 31.9. The fourth-order valence-electron chi connectivity index (χ4n) is 4.53. The van der Waals surface area contributed by atoms with E-state index in [1.807, 2.05) is 20.8 Å². The van der Waals surface area contributed by atoms with Crippen LogP contribution in [-0.4, -0.2) is 55.2 Å². The molecule has 3 unspecified atom stereocenters. The van der Waals surface area contributed by atoms with Crippen molar-refractivity contribution in [3.8, 4) is 11.5 Å². The zero-order valence-electron chi connectivity index (χ0n) is 26.4. The van der Waals surface area contributed by atoms with Crippen LogP contribution in [0.2, 0.25) is 0 Å². The molecule has 0 bridgehead atoms. The van der Waals surface area contributed by atoms with Crippen LogP contribution in [0.15, 0.2) is 18.2 Å². The standard InChI is InChI=1S/C31H49NO10/c1-9-12-20(4)27(33)38-23(7)18-31(32,28(34)37-8)19-24-15-16-25(41-29(35)39-21(5)13-10-2)26(17-24)42-30(36)40-22(6)14-11-3/h15-17,20-23H,9-14,18-19,32H2,1-8H3/t20?,21-,22?,23?,31+/m0/s1. The SMILES string of the molecule is CCCC(C)OC(=O)Oc1cc(C[C@](N)(CC(C)OC(=O)C(C)CCC)C(=O)OC)ccc1OC(=O)O[C@@H](C)CCC.